The number of rotatable bonds is 8. The van der Waals surface area contributed by atoms with Gasteiger partial charge < -0.3 is 20.4 Å². The van der Waals surface area contributed by atoms with E-state index in [4.69, 9.17) is 9.97 Å². The van der Waals surface area contributed by atoms with Gasteiger partial charge in [0.2, 0.25) is 17.8 Å². The van der Waals surface area contributed by atoms with Crippen LogP contribution in [0.25, 0.3) is 0 Å². The van der Waals surface area contributed by atoms with E-state index >= 15 is 0 Å². The second kappa shape index (κ2) is 9.98. The molecule has 0 radical (unpaired) electrons. The van der Waals surface area contributed by atoms with E-state index in [1.807, 2.05) is 37.3 Å². The average Bonchev–Trinajstić information content (AvgIpc) is 3.59. The molecular weight excluding hydrogens is 450 g/mol. The van der Waals surface area contributed by atoms with Crippen molar-refractivity contribution in [1.29, 1.82) is 0 Å². The van der Waals surface area contributed by atoms with Gasteiger partial charge >= 0.3 is 0 Å². The van der Waals surface area contributed by atoms with Crippen LogP contribution in [-0.4, -0.2) is 69.2 Å². The molecule has 11 heteroatoms. The summed E-state index contributed by atoms with van der Waals surface area (Å²) in [6.45, 7) is 5.49. The minimum atomic E-state index is -0.00591. The second-order valence-electron chi connectivity index (χ2n) is 8.67. The summed E-state index contributed by atoms with van der Waals surface area (Å²) in [5.41, 5.74) is 1.93. The van der Waals surface area contributed by atoms with Crippen LogP contribution in [0.4, 0.5) is 23.4 Å². The lowest BCUT2D eigenvalue weighted by molar-refractivity contribution is -0.115. The zero-order valence-electron chi connectivity index (χ0n) is 19.4. The van der Waals surface area contributed by atoms with E-state index in [0.717, 1.165) is 42.5 Å². The van der Waals surface area contributed by atoms with E-state index in [-0.39, 0.29) is 5.91 Å². The summed E-state index contributed by atoms with van der Waals surface area (Å²) in [6, 6.07) is 9.73. The SMILES string of the molecule is CCC(=O)Nc1ccc(Sc2nc(Nc3cc(C4CC4)[nH]n3)nc(N3CCN(C)CC3)n2)cc1. The van der Waals surface area contributed by atoms with E-state index in [2.05, 4.69) is 42.7 Å². The molecule has 3 aromatic rings. The van der Waals surface area contributed by atoms with Gasteiger partial charge in [0, 0.05) is 60.9 Å². The van der Waals surface area contributed by atoms with Gasteiger partial charge in [-0.25, -0.2) is 0 Å². The molecule has 1 aliphatic carbocycles. The molecule has 0 spiro atoms. The Morgan fingerprint density at radius 2 is 1.88 bits per heavy atom. The van der Waals surface area contributed by atoms with Crippen molar-refractivity contribution in [3.05, 3.63) is 36.0 Å². The van der Waals surface area contributed by atoms with Crippen LogP contribution in [0.15, 0.2) is 40.4 Å². The molecule has 1 saturated carbocycles. The number of amides is 1. The fourth-order valence-corrected chi connectivity index (χ4v) is 4.42. The standard InChI is InChI=1S/C23H29N9OS/c1-3-20(33)24-16-6-8-17(9-7-16)34-23-27-21(25-19-14-18(29-30-19)15-4-5-15)26-22(28-23)32-12-10-31(2)11-13-32/h6-9,14-15H,3-5,10-13H2,1-2H3,(H,24,33)(H2,25,26,27,28,29,30). The number of piperazine rings is 1. The fourth-order valence-electron chi connectivity index (χ4n) is 3.68. The van der Waals surface area contributed by atoms with Crippen molar-refractivity contribution in [3.63, 3.8) is 0 Å². The Kier molecular flexibility index (Phi) is 6.63. The molecule has 10 nitrogen and oxygen atoms in total. The van der Waals surface area contributed by atoms with E-state index in [1.165, 1.54) is 24.6 Å². The molecule has 34 heavy (non-hydrogen) atoms. The molecule has 1 saturated heterocycles. The van der Waals surface area contributed by atoms with Gasteiger partial charge in [-0.2, -0.15) is 20.1 Å². The van der Waals surface area contributed by atoms with Crippen LogP contribution < -0.4 is 15.5 Å². The van der Waals surface area contributed by atoms with Crippen LogP contribution in [0.1, 0.15) is 37.8 Å². The molecule has 1 aliphatic heterocycles. The molecule has 2 aliphatic rings. The number of nitrogens with zero attached hydrogens (tertiary/aromatic N) is 6. The summed E-state index contributed by atoms with van der Waals surface area (Å²) in [5, 5.41) is 14.2. The second-order valence-corrected chi connectivity index (χ2v) is 9.71. The van der Waals surface area contributed by atoms with Gasteiger partial charge in [-0.1, -0.05) is 6.92 Å². The lowest BCUT2D eigenvalue weighted by Crippen LogP contribution is -2.45. The number of benzene rings is 1. The number of aromatic nitrogens is 5. The zero-order chi connectivity index (χ0) is 23.5. The molecule has 0 bridgehead atoms. The molecule has 5 rings (SSSR count). The highest BCUT2D eigenvalue weighted by atomic mass is 32.2. The first kappa shape index (κ1) is 22.6. The first-order chi connectivity index (χ1) is 16.6. The summed E-state index contributed by atoms with van der Waals surface area (Å²) in [4.78, 5) is 31.2. The number of H-pyrrole nitrogens is 1. The molecule has 0 atom stereocenters. The number of carbonyl (C=O) groups excluding carboxylic acids is 1. The maximum Gasteiger partial charge on any atom is 0.234 e. The number of likely N-dealkylation sites (N-methyl/N-ethyl adjacent to an activating group) is 1. The van der Waals surface area contributed by atoms with E-state index in [1.54, 1.807) is 0 Å². The molecule has 2 fully saturated rings. The molecule has 178 valence electrons. The van der Waals surface area contributed by atoms with Gasteiger partial charge in [-0.15, -0.1) is 0 Å². The molecule has 1 amide bonds. The zero-order valence-corrected chi connectivity index (χ0v) is 20.2. The summed E-state index contributed by atoms with van der Waals surface area (Å²) in [5.74, 6) is 2.45. The highest BCUT2D eigenvalue weighted by Crippen LogP contribution is 2.39. The van der Waals surface area contributed by atoms with Crippen molar-refractivity contribution in [3.8, 4) is 0 Å². The molecule has 2 aromatic heterocycles. The Labute approximate surface area is 203 Å². The predicted molar refractivity (Wildman–Crippen MR) is 133 cm³/mol. The summed E-state index contributed by atoms with van der Waals surface area (Å²) in [7, 11) is 2.13. The molecule has 3 N–H and O–H groups in total. The van der Waals surface area contributed by atoms with Crippen LogP contribution in [-0.2, 0) is 4.79 Å². The van der Waals surface area contributed by atoms with Crippen molar-refractivity contribution >= 4 is 41.1 Å². The number of aromatic amines is 1. The minimum absolute atomic E-state index is 0.00591. The Bertz CT molecular complexity index is 1140. The van der Waals surface area contributed by atoms with E-state index in [9.17, 15) is 4.79 Å². The van der Waals surface area contributed by atoms with Crippen molar-refractivity contribution in [2.24, 2.45) is 0 Å². The van der Waals surface area contributed by atoms with Gasteiger partial charge in [0.05, 0.1) is 0 Å². The average molecular weight is 480 g/mol. The Morgan fingerprint density at radius 1 is 1.12 bits per heavy atom. The van der Waals surface area contributed by atoms with Gasteiger partial charge in [-0.05, 0) is 55.9 Å². The van der Waals surface area contributed by atoms with Crippen LogP contribution >= 0.6 is 11.8 Å². The fraction of sp³-hybridized carbons (Fsp3) is 0.435. The lowest BCUT2D eigenvalue weighted by atomic mass is 10.3. The molecule has 1 aromatic carbocycles. The third kappa shape index (κ3) is 5.65. The molecule has 0 unspecified atom stereocenters. The van der Waals surface area contributed by atoms with E-state index < -0.39 is 0 Å². The van der Waals surface area contributed by atoms with Crippen molar-refractivity contribution in [1.82, 2.24) is 30.0 Å². The van der Waals surface area contributed by atoms with Crippen LogP contribution in [0.3, 0.4) is 0 Å². The van der Waals surface area contributed by atoms with Gasteiger partial charge in [0.1, 0.15) is 0 Å². The Balaban J connectivity index is 1.36. The Hall–Kier alpha value is -3.18. The molecule has 3 heterocycles. The highest BCUT2D eigenvalue weighted by molar-refractivity contribution is 7.99. The number of hydrogen-bond donors (Lipinski definition) is 3. The monoisotopic (exact) mass is 479 g/mol. The van der Waals surface area contributed by atoms with Crippen LogP contribution in [0, 0.1) is 0 Å². The maximum atomic E-state index is 11.6. The first-order valence-electron chi connectivity index (χ1n) is 11.7. The van der Waals surface area contributed by atoms with Gasteiger partial charge in [0.25, 0.3) is 0 Å². The Morgan fingerprint density at radius 3 is 2.59 bits per heavy atom. The lowest BCUT2D eigenvalue weighted by Gasteiger charge is -2.32. The quantitative estimate of drug-likeness (QED) is 0.447. The van der Waals surface area contributed by atoms with E-state index in [0.29, 0.717) is 35.2 Å². The number of carbonyl (C=O) groups is 1. The topological polar surface area (TPSA) is 115 Å². The summed E-state index contributed by atoms with van der Waals surface area (Å²) in [6.07, 6.45) is 2.87. The summed E-state index contributed by atoms with van der Waals surface area (Å²) >= 11 is 1.46. The molecular formula is C23H29N9OS. The number of hydrogen-bond acceptors (Lipinski definition) is 9. The van der Waals surface area contributed by atoms with Crippen LogP contribution in [0.2, 0.25) is 0 Å². The first-order valence-corrected chi connectivity index (χ1v) is 12.5. The van der Waals surface area contributed by atoms with Crippen LogP contribution in [0.5, 0.6) is 0 Å². The predicted octanol–water partition coefficient (Wildman–Crippen LogP) is 3.47. The number of nitrogens with one attached hydrogen (secondary N) is 3. The largest absolute Gasteiger partial charge is 0.338 e. The van der Waals surface area contributed by atoms with Crippen molar-refractivity contribution in [2.45, 2.75) is 42.2 Å². The third-order valence-electron chi connectivity index (χ3n) is 5.91. The third-order valence-corrected chi connectivity index (χ3v) is 6.79. The minimum Gasteiger partial charge on any atom is -0.338 e. The number of anilines is 4. The van der Waals surface area contributed by atoms with Crippen molar-refractivity contribution in [2.75, 3.05) is 48.8 Å². The normalized spacial score (nSPS) is 16.5. The smallest absolute Gasteiger partial charge is 0.234 e. The highest BCUT2D eigenvalue weighted by Gasteiger charge is 2.26. The maximum absolute atomic E-state index is 11.6. The van der Waals surface area contributed by atoms with Gasteiger partial charge in [0.15, 0.2) is 11.0 Å². The summed E-state index contributed by atoms with van der Waals surface area (Å²) < 4.78 is 0. The van der Waals surface area contributed by atoms with Crippen molar-refractivity contribution < 1.29 is 4.79 Å². The van der Waals surface area contributed by atoms with Gasteiger partial charge in [-0.3, -0.25) is 9.89 Å².